The van der Waals surface area contributed by atoms with Gasteiger partial charge in [-0.15, -0.1) is 0 Å². The monoisotopic (exact) mass is 434 g/mol. The van der Waals surface area contributed by atoms with Gasteiger partial charge in [-0.1, -0.05) is 24.3 Å². The van der Waals surface area contributed by atoms with E-state index in [0.717, 1.165) is 6.20 Å². The standard InChI is InChI=1S/C20H17F3N4O2S/c1-28-17-7-6-12(8-15(17)22)11-29-19-24-10-16(23)18(26-19)27-20(30)25-9-13-4-2-3-5-14(13)21/h2-8,10H,9,11H2,1H3,(H2,24,25,26,27,30). The van der Waals surface area contributed by atoms with Crippen LogP contribution in [0.15, 0.2) is 48.7 Å². The average Bonchev–Trinajstić information content (AvgIpc) is 2.74. The van der Waals surface area contributed by atoms with Crippen LogP contribution in [-0.4, -0.2) is 22.2 Å². The van der Waals surface area contributed by atoms with Gasteiger partial charge in [-0.2, -0.15) is 4.98 Å². The summed E-state index contributed by atoms with van der Waals surface area (Å²) in [6, 6.07) is 10.4. The van der Waals surface area contributed by atoms with Crippen molar-refractivity contribution in [3.63, 3.8) is 0 Å². The molecule has 10 heteroatoms. The smallest absolute Gasteiger partial charge is 0.318 e. The summed E-state index contributed by atoms with van der Waals surface area (Å²) in [5, 5.41) is 5.39. The normalized spacial score (nSPS) is 10.4. The molecule has 156 valence electrons. The van der Waals surface area contributed by atoms with Crippen molar-refractivity contribution in [2.45, 2.75) is 13.2 Å². The second kappa shape index (κ2) is 9.88. The fourth-order valence-corrected chi connectivity index (χ4v) is 2.59. The van der Waals surface area contributed by atoms with Gasteiger partial charge < -0.3 is 20.1 Å². The largest absolute Gasteiger partial charge is 0.494 e. The van der Waals surface area contributed by atoms with Crippen LogP contribution in [0.2, 0.25) is 0 Å². The number of hydrogen-bond acceptors (Lipinski definition) is 5. The zero-order valence-corrected chi connectivity index (χ0v) is 16.6. The van der Waals surface area contributed by atoms with E-state index in [2.05, 4.69) is 20.6 Å². The lowest BCUT2D eigenvalue weighted by Crippen LogP contribution is -2.29. The van der Waals surface area contributed by atoms with Crippen molar-refractivity contribution in [1.29, 1.82) is 0 Å². The maximum absolute atomic E-state index is 14.0. The van der Waals surface area contributed by atoms with E-state index in [1.165, 1.54) is 25.3 Å². The van der Waals surface area contributed by atoms with Crippen LogP contribution >= 0.6 is 12.2 Å². The van der Waals surface area contributed by atoms with Gasteiger partial charge in [0.05, 0.1) is 13.3 Å². The minimum absolute atomic E-state index is 0.0397. The highest BCUT2D eigenvalue weighted by molar-refractivity contribution is 7.80. The number of ether oxygens (including phenoxy) is 2. The molecule has 0 saturated heterocycles. The molecule has 0 atom stereocenters. The summed E-state index contributed by atoms with van der Waals surface area (Å²) in [7, 11) is 1.37. The molecule has 0 saturated carbocycles. The van der Waals surface area contributed by atoms with E-state index in [4.69, 9.17) is 21.7 Å². The van der Waals surface area contributed by atoms with Gasteiger partial charge in [-0.05, 0) is 36.0 Å². The number of methoxy groups -OCH3 is 1. The molecule has 0 aliphatic carbocycles. The van der Waals surface area contributed by atoms with Crippen LogP contribution in [0.5, 0.6) is 11.8 Å². The van der Waals surface area contributed by atoms with E-state index in [1.54, 1.807) is 24.3 Å². The van der Waals surface area contributed by atoms with Crippen molar-refractivity contribution in [3.05, 3.63) is 77.2 Å². The molecule has 2 aromatic carbocycles. The van der Waals surface area contributed by atoms with Crippen molar-refractivity contribution >= 4 is 23.1 Å². The predicted octanol–water partition coefficient (Wildman–Crippen LogP) is 3.97. The first kappa shape index (κ1) is 21.3. The molecule has 3 rings (SSSR count). The molecular weight excluding hydrogens is 417 g/mol. The Morgan fingerprint density at radius 1 is 1.07 bits per heavy atom. The molecule has 0 bridgehead atoms. The molecule has 0 aliphatic rings. The highest BCUT2D eigenvalue weighted by atomic mass is 32.1. The number of aromatic nitrogens is 2. The molecule has 0 aliphatic heterocycles. The van der Waals surface area contributed by atoms with Crippen molar-refractivity contribution in [2.24, 2.45) is 0 Å². The molecule has 1 heterocycles. The quantitative estimate of drug-likeness (QED) is 0.546. The summed E-state index contributed by atoms with van der Waals surface area (Å²) in [6.07, 6.45) is 0.915. The molecule has 0 amide bonds. The summed E-state index contributed by atoms with van der Waals surface area (Å²) in [4.78, 5) is 7.66. The molecule has 0 fully saturated rings. The summed E-state index contributed by atoms with van der Waals surface area (Å²) in [5.41, 5.74) is 0.915. The minimum Gasteiger partial charge on any atom is -0.494 e. The number of benzene rings is 2. The molecule has 3 aromatic rings. The number of anilines is 1. The van der Waals surface area contributed by atoms with Crippen molar-refractivity contribution in [3.8, 4) is 11.8 Å². The summed E-state index contributed by atoms with van der Waals surface area (Å²) >= 11 is 5.09. The predicted molar refractivity (Wildman–Crippen MR) is 109 cm³/mol. The number of nitrogens with zero attached hydrogens (tertiary/aromatic N) is 2. The van der Waals surface area contributed by atoms with Gasteiger partial charge in [0.2, 0.25) is 0 Å². The van der Waals surface area contributed by atoms with Crippen molar-refractivity contribution in [1.82, 2.24) is 15.3 Å². The molecule has 30 heavy (non-hydrogen) atoms. The van der Waals surface area contributed by atoms with Crippen LogP contribution in [0.4, 0.5) is 19.0 Å². The Kier molecular flexibility index (Phi) is 7.02. The second-order valence-corrected chi connectivity index (χ2v) is 6.41. The van der Waals surface area contributed by atoms with Gasteiger partial charge in [0.15, 0.2) is 28.3 Å². The highest BCUT2D eigenvalue weighted by Crippen LogP contribution is 2.19. The first-order valence-electron chi connectivity index (χ1n) is 8.72. The minimum atomic E-state index is -0.757. The molecule has 1 aromatic heterocycles. The third kappa shape index (κ3) is 5.57. The average molecular weight is 434 g/mol. The maximum Gasteiger partial charge on any atom is 0.318 e. The van der Waals surface area contributed by atoms with Crippen LogP contribution in [0.25, 0.3) is 0 Å². The first-order chi connectivity index (χ1) is 14.5. The molecule has 0 spiro atoms. The van der Waals surface area contributed by atoms with E-state index in [-0.39, 0.29) is 41.7 Å². The highest BCUT2D eigenvalue weighted by Gasteiger charge is 2.11. The SMILES string of the molecule is COc1ccc(COc2ncc(F)c(NC(=S)NCc3ccccc3F)n2)cc1F. The molecule has 2 N–H and O–H groups in total. The Morgan fingerprint density at radius 2 is 1.87 bits per heavy atom. The Morgan fingerprint density at radius 3 is 2.60 bits per heavy atom. The zero-order chi connectivity index (χ0) is 21.5. The number of nitrogens with one attached hydrogen (secondary N) is 2. The van der Waals surface area contributed by atoms with Gasteiger partial charge in [-0.3, -0.25) is 0 Å². The summed E-state index contributed by atoms with van der Waals surface area (Å²) in [6.45, 7) is 0.0690. The molecule has 0 radical (unpaired) electrons. The van der Waals surface area contributed by atoms with Crippen LogP contribution in [0.1, 0.15) is 11.1 Å². The van der Waals surface area contributed by atoms with E-state index >= 15 is 0 Å². The Labute approximate surface area is 176 Å². The molecule has 6 nitrogen and oxygen atoms in total. The van der Waals surface area contributed by atoms with E-state index in [0.29, 0.717) is 11.1 Å². The zero-order valence-electron chi connectivity index (χ0n) is 15.8. The van der Waals surface area contributed by atoms with E-state index in [9.17, 15) is 13.2 Å². The topological polar surface area (TPSA) is 68.3 Å². The van der Waals surface area contributed by atoms with Crippen molar-refractivity contribution < 1.29 is 22.6 Å². The second-order valence-electron chi connectivity index (χ2n) is 6.01. The first-order valence-corrected chi connectivity index (χ1v) is 9.13. The van der Waals surface area contributed by atoms with Crippen LogP contribution in [0, 0.1) is 17.5 Å². The van der Waals surface area contributed by atoms with Crippen LogP contribution in [0.3, 0.4) is 0 Å². The van der Waals surface area contributed by atoms with Gasteiger partial charge in [0.25, 0.3) is 0 Å². The number of rotatable bonds is 7. The third-order valence-corrected chi connectivity index (χ3v) is 4.18. The van der Waals surface area contributed by atoms with E-state index in [1.807, 2.05) is 0 Å². The van der Waals surface area contributed by atoms with Crippen LogP contribution in [-0.2, 0) is 13.2 Å². The lowest BCUT2D eigenvalue weighted by molar-refractivity contribution is 0.279. The Balaban J connectivity index is 1.59. The Bertz CT molecular complexity index is 1050. The van der Waals surface area contributed by atoms with Gasteiger partial charge >= 0.3 is 6.01 Å². The van der Waals surface area contributed by atoms with E-state index < -0.39 is 11.6 Å². The number of thiocarbonyl (C=S) groups is 1. The lowest BCUT2D eigenvalue weighted by atomic mass is 10.2. The summed E-state index contributed by atoms with van der Waals surface area (Å²) < 4.78 is 51.6. The fraction of sp³-hybridized carbons (Fsp3) is 0.150. The van der Waals surface area contributed by atoms with Crippen molar-refractivity contribution in [2.75, 3.05) is 12.4 Å². The van der Waals surface area contributed by atoms with Gasteiger partial charge in [0, 0.05) is 12.1 Å². The van der Waals surface area contributed by atoms with Crippen LogP contribution < -0.4 is 20.1 Å². The summed E-state index contributed by atoms with van der Waals surface area (Å²) in [5.74, 6) is -1.78. The van der Waals surface area contributed by atoms with Gasteiger partial charge in [-0.25, -0.2) is 18.2 Å². The molecular formula is C20H17F3N4O2S. The third-order valence-electron chi connectivity index (χ3n) is 3.94. The number of hydrogen-bond donors (Lipinski definition) is 2. The maximum atomic E-state index is 14.0. The number of halogens is 3. The molecule has 0 unspecified atom stereocenters. The van der Waals surface area contributed by atoms with Gasteiger partial charge in [0.1, 0.15) is 12.4 Å². The lowest BCUT2D eigenvalue weighted by Gasteiger charge is -2.12. The Hall–Kier alpha value is -3.40. The fourth-order valence-electron chi connectivity index (χ4n) is 2.42.